The average Bonchev–Trinajstić information content (AvgIpc) is 1.88. The molecule has 0 fully saturated rings. The maximum absolute atomic E-state index is 11.3. The van der Waals surface area contributed by atoms with E-state index in [4.69, 9.17) is 5.73 Å². The zero-order chi connectivity index (χ0) is 8.74. The molecule has 2 N–H and O–H groups in total. The summed E-state index contributed by atoms with van der Waals surface area (Å²) < 4.78 is 20.4. The molecule has 0 spiro atoms. The van der Waals surface area contributed by atoms with Gasteiger partial charge in [0.1, 0.15) is 0 Å². The van der Waals surface area contributed by atoms with Crippen LogP contribution in [0.2, 0.25) is 0 Å². The lowest BCUT2D eigenvalue weighted by Crippen LogP contribution is -1.84. The van der Waals surface area contributed by atoms with Crippen molar-refractivity contribution in [2.75, 3.05) is 0 Å². The Bertz CT molecular complexity index is 198. The smallest absolute Gasteiger partial charge is 0.422 e. The lowest BCUT2D eigenvalue weighted by molar-refractivity contribution is 0.340. The van der Waals surface area contributed by atoms with Gasteiger partial charge in [-0.25, -0.2) is 4.57 Å². The number of nitrogens with two attached hydrogens (primary N) is 1. The normalized spacial score (nSPS) is 10.9. The molecule has 0 aromatic rings. The van der Waals surface area contributed by atoms with E-state index in [1.807, 2.05) is 0 Å². The molecule has 4 nitrogen and oxygen atoms in total. The molecule has 0 saturated heterocycles. The van der Waals surface area contributed by atoms with Gasteiger partial charge in [-0.15, -0.1) is 0 Å². The van der Waals surface area contributed by atoms with E-state index in [-0.39, 0.29) is 0 Å². The first-order chi connectivity index (χ1) is 5.18. The summed E-state index contributed by atoms with van der Waals surface area (Å²) in [5, 5.41) is 0. The van der Waals surface area contributed by atoms with Crippen LogP contribution >= 0.6 is 7.60 Å². The minimum absolute atomic E-state index is 1.02. The Balaban J connectivity index is 4.36. The predicted octanol–water partition coefficient (Wildman–Crippen LogP) is 1.93. The van der Waals surface area contributed by atoms with Gasteiger partial charge in [0.05, 0.1) is 18.3 Å². The Morgan fingerprint density at radius 3 is 2.00 bits per heavy atom. The second kappa shape index (κ2) is 4.63. The maximum Gasteiger partial charge on any atom is 0.455 e. The molecule has 0 rings (SSSR count). The van der Waals surface area contributed by atoms with Crippen molar-refractivity contribution in [3.05, 3.63) is 37.7 Å². The van der Waals surface area contributed by atoms with E-state index < -0.39 is 7.60 Å². The highest BCUT2D eigenvalue weighted by Gasteiger charge is 2.18. The Kier molecular flexibility index (Phi) is 4.15. The largest absolute Gasteiger partial charge is 0.455 e. The van der Waals surface area contributed by atoms with Crippen LogP contribution in [0, 0.1) is 0 Å². The van der Waals surface area contributed by atoms with E-state index in [1.54, 1.807) is 0 Å². The van der Waals surface area contributed by atoms with E-state index in [1.165, 1.54) is 0 Å². The third-order valence-electron chi connectivity index (χ3n) is 0.712. The summed E-state index contributed by atoms with van der Waals surface area (Å²) in [5.74, 6) is 1.11. The Morgan fingerprint density at radius 1 is 1.27 bits per heavy atom. The van der Waals surface area contributed by atoms with Crippen molar-refractivity contribution in [1.29, 1.82) is 0 Å². The minimum Gasteiger partial charge on any atom is -0.422 e. The molecule has 0 heterocycles. The summed E-state index contributed by atoms with van der Waals surface area (Å²) in [7, 11) is -3.26. The molecular formula is C6H10NO3P. The fourth-order valence-corrected chi connectivity index (χ4v) is 1.22. The SMILES string of the molecule is C=COP(=O)(C=CN)OC=C. The van der Waals surface area contributed by atoms with Gasteiger partial charge < -0.3 is 14.8 Å². The van der Waals surface area contributed by atoms with Gasteiger partial charge >= 0.3 is 7.60 Å². The molecule has 0 bridgehead atoms. The quantitative estimate of drug-likeness (QED) is 0.512. The zero-order valence-electron chi connectivity index (χ0n) is 5.97. The standard InChI is InChI=1S/C6H10NO3P/c1-3-9-11(8,6-5-7)10-4-2/h3-6H,1-2,7H2. The molecule has 0 radical (unpaired) electrons. The van der Waals surface area contributed by atoms with E-state index in [0.29, 0.717) is 0 Å². The second-order valence-electron chi connectivity index (χ2n) is 1.43. The molecule has 5 heteroatoms. The van der Waals surface area contributed by atoms with E-state index >= 15 is 0 Å². The summed E-state index contributed by atoms with van der Waals surface area (Å²) in [6.45, 7) is 6.45. The highest BCUT2D eigenvalue weighted by molar-refractivity contribution is 7.57. The molecule has 0 aromatic carbocycles. The molecule has 11 heavy (non-hydrogen) atoms. The zero-order valence-corrected chi connectivity index (χ0v) is 6.87. The van der Waals surface area contributed by atoms with Gasteiger partial charge in [-0.05, 0) is 0 Å². The lowest BCUT2D eigenvalue weighted by atomic mass is 11.1. The van der Waals surface area contributed by atoms with Crippen LogP contribution in [0.1, 0.15) is 0 Å². The Hall–Kier alpha value is -1.15. The molecule has 0 atom stereocenters. The van der Waals surface area contributed by atoms with Crippen LogP contribution in [-0.4, -0.2) is 0 Å². The van der Waals surface area contributed by atoms with Gasteiger partial charge in [0.25, 0.3) is 0 Å². The van der Waals surface area contributed by atoms with Crippen LogP contribution < -0.4 is 5.73 Å². The van der Waals surface area contributed by atoms with Crippen molar-refractivity contribution < 1.29 is 13.6 Å². The fourth-order valence-electron chi connectivity index (χ4n) is 0.408. The van der Waals surface area contributed by atoms with Crippen molar-refractivity contribution in [1.82, 2.24) is 0 Å². The van der Waals surface area contributed by atoms with Crippen molar-refractivity contribution in [2.24, 2.45) is 5.73 Å². The number of hydrogen-bond donors (Lipinski definition) is 1. The number of hydrogen-bond acceptors (Lipinski definition) is 4. The van der Waals surface area contributed by atoms with Gasteiger partial charge in [-0.3, -0.25) is 0 Å². The van der Waals surface area contributed by atoms with Crippen LogP contribution in [0.4, 0.5) is 0 Å². The second-order valence-corrected chi connectivity index (χ2v) is 3.22. The Labute approximate surface area is 65.5 Å². The monoisotopic (exact) mass is 175 g/mol. The van der Waals surface area contributed by atoms with Gasteiger partial charge in [-0.1, -0.05) is 13.2 Å². The topological polar surface area (TPSA) is 61.5 Å². The molecule has 0 unspecified atom stereocenters. The lowest BCUT2D eigenvalue weighted by Gasteiger charge is -2.09. The predicted molar refractivity (Wildman–Crippen MR) is 43.5 cm³/mol. The highest BCUT2D eigenvalue weighted by Crippen LogP contribution is 2.49. The van der Waals surface area contributed by atoms with E-state index in [0.717, 1.165) is 24.5 Å². The van der Waals surface area contributed by atoms with Crippen LogP contribution in [0.5, 0.6) is 0 Å². The number of rotatable bonds is 5. The van der Waals surface area contributed by atoms with Crippen molar-refractivity contribution in [2.45, 2.75) is 0 Å². The molecule has 0 amide bonds. The fraction of sp³-hybridized carbons (Fsp3) is 0. The average molecular weight is 175 g/mol. The first-order valence-corrected chi connectivity index (χ1v) is 4.37. The van der Waals surface area contributed by atoms with Gasteiger partial charge in [-0.2, -0.15) is 0 Å². The summed E-state index contributed by atoms with van der Waals surface area (Å²) >= 11 is 0. The van der Waals surface area contributed by atoms with Crippen LogP contribution in [0.25, 0.3) is 0 Å². The summed E-state index contributed by atoms with van der Waals surface area (Å²) in [6, 6.07) is 0. The van der Waals surface area contributed by atoms with Crippen molar-refractivity contribution >= 4 is 7.60 Å². The van der Waals surface area contributed by atoms with Gasteiger partial charge in [0, 0.05) is 6.20 Å². The highest BCUT2D eigenvalue weighted by atomic mass is 31.2. The molecular weight excluding hydrogens is 165 g/mol. The summed E-state index contributed by atoms with van der Waals surface area (Å²) in [5.41, 5.74) is 4.99. The third kappa shape index (κ3) is 3.53. The van der Waals surface area contributed by atoms with Crippen LogP contribution in [0.3, 0.4) is 0 Å². The van der Waals surface area contributed by atoms with Crippen molar-refractivity contribution in [3.8, 4) is 0 Å². The van der Waals surface area contributed by atoms with Gasteiger partial charge in [0.15, 0.2) is 0 Å². The molecule has 0 saturated carbocycles. The molecule has 0 aliphatic carbocycles. The Morgan fingerprint density at radius 2 is 1.73 bits per heavy atom. The maximum atomic E-state index is 11.3. The molecule has 0 aliphatic heterocycles. The van der Waals surface area contributed by atoms with Crippen LogP contribution in [-0.2, 0) is 13.6 Å². The van der Waals surface area contributed by atoms with E-state index in [2.05, 4.69) is 22.2 Å². The first-order valence-electron chi connectivity index (χ1n) is 2.76. The summed E-state index contributed by atoms with van der Waals surface area (Å²) in [4.78, 5) is 0. The van der Waals surface area contributed by atoms with E-state index in [9.17, 15) is 4.57 Å². The minimum atomic E-state index is -3.26. The molecule has 0 aliphatic rings. The summed E-state index contributed by atoms with van der Waals surface area (Å²) in [6.07, 6.45) is 3.11. The third-order valence-corrected chi connectivity index (χ3v) is 2.13. The molecule has 0 aromatic heterocycles. The molecule has 62 valence electrons. The van der Waals surface area contributed by atoms with Crippen molar-refractivity contribution in [3.63, 3.8) is 0 Å². The van der Waals surface area contributed by atoms with Gasteiger partial charge in [0.2, 0.25) is 0 Å². The first kappa shape index (κ1) is 9.85. The van der Waals surface area contributed by atoms with Crippen LogP contribution in [0.15, 0.2) is 37.7 Å².